The Morgan fingerprint density at radius 1 is 1.18 bits per heavy atom. The molecule has 0 saturated heterocycles. The van der Waals surface area contributed by atoms with E-state index in [1.807, 2.05) is 0 Å². The summed E-state index contributed by atoms with van der Waals surface area (Å²) in [7, 11) is -3.69. The zero-order chi connectivity index (χ0) is 24.1. The molecule has 0 radical (unpaired) electrons. The summed E-state index contributed by atoms with van der Waals surface area (Å²) in [6, 6.07) is 11.9. The molecular weight excluding hydrogens is 555 g/mol. The number of thioether (sulfide) groups is 1. The highest BCUT2D eigenvalue weighted by Gasteiger charge is 2.23. The zero-order valence-corrected chi connectivity index (χ0v) is 20.2. The van der Waals surface area contributed by atoms with Crippen molar-refractivity contribution in [3.8, 4) is 17.2 Å². The van der Waals surface area contributed by atoms with Crippen LogP contribution in [0.25, 0.3) is 17.2 Å². The molecule has 0 bridgehead atoms. The predicted molar refractivity (Wildman–Crippen MR) is 124 cm³/mol. The lowest BCUT2D eigenvalue weighted by Crippen LogP contribution is -2.22. The second kappa shape index (κ2) is 10.3. The summed E-state index contributed by atoms with van der Waals surface area (Å²) < 4.78 is 51.0. The van der Waals surface area contributed by atoms with Crippen LogP contribution in [0.15, 0.2) is 81.9 Å². The van der Waals surface area contributed by atoms with Gasteiger partial charge in [-0.05, 0) is 56.6 Å². The number of nitrogens with zero attached hydrogens (tertiary/aromatic N) is 5. The molecule has 4 aromatic rings. The summed E-state index contributed by atoms with van der Waals surface area (Å²) in [5.41, 5.74) is 0.439. The van der Waals surface area contributed by atoms with Gasteiger partial charge in [0, 0.05) is 5.75 Å². The molecule has 4 rings (SSSR count). The molecule has 2 aromatic carbocycles. The molecule has 0 aliphatic carbocycles. The van der Waals surface area contributed by atoms with E-state index in [0.717, 1.165) is 10.9 Å². The molecule has 0 saturated carbocycles. The number of halogens is 2. The maximum atomic E-state index is 13.6. The quantitative estimate of drug-likeness (QED) is 0.139. The molecule has 0 aliphatic heterocycles. The van der Waals surface area contributed by atoms with Gasteiger partial charge in [0.15, 0.2) is 10.7 Å². The van der Waals surface area contributed by atoms with E-state index < -0.39 is 21.6 Å². The monoisotopic (exact) mass is 568 g/mol. The number of hydrogen-bond acceptors (Lipinski definition) is 10. The van der Waals surface area contributed by atoms with Gasteiger partial charge in [0.1, 0.15) is 5.82 Å². The fourth-order valence-electron chi connectivity index (χ4n) is 2.70. The molecule has 1 N–H and O–H groups in total. The molecule has 0 fully saturated rings. The van der Waals surface area contributed by atoms with Crippen LogP contribution in [0.5, 0.6) is 0 Å². The van der Waals surface area contributed by atoms with E-state index in [0.29, 0.717) is 16.5 Å². The number of nitrogens with one attached hydrogen (secondary N) is 1. The van der Waals surface area contributed by atoms with E-state index in [1.54, 1.807) is 18.2 Å². The van der Waals surface area contributed by atoms with Crippen molar-refractivity contribution in [3.63, 3.8) is 0 Å². The van der Waals surface area contributed by atoms with Crippen LogP contribution >= 0.6 is 27.7 Å². The Hall–Kier alpha value is -3.30. The first-order valence-electron chi connectivity index (χ1n) is 9.42. The summed E-state index contributed by atoms with van der Waals surface area (Å²) in [5.74, 6) is -0.899. The molecule has 0 spiro atoms. The van der Waals surface area contributed by atoms with Crippen molar-refractivity contribution in [3.05, 3.63) is 69.4 Å². The van der Waals surface area contributed by atoms with Crippen LogP contribution in [0.4, 0.5) is 4.39 Å². The maximum Gasteiger partial charge on any atom is 0.446 e. The fourth-order valence-corrected chi connectivity index (χ4v) is 4.67. The molecule has 11 nitrogen and oxygen atoms in total. The highest BCUT2D eigenvalue weighted by atomic mass is 79.9. The van der Waals surface area contributed by atoms with Gasteiger partial charge in [-0.2, -0.15) is 0 Å². The lowest BCUT2D eigenvalue weighted by molar-refractivity contribution is 0.299. The average Bonchev–Trinajstić information content (AvgIpc) is 3.44. The summed E-state index contributed by atoms with van der Waals surface area (Å²) in [6.45, 7) is 0.241. The van der Waals surface area contributed by atoms with E-state index in [4.69, 9.17) is 9.15 Å². The maximum absolute atomic E-state index is 13.6. The Labute approximate surface area is 204 Å². The Morgan fingerprint density at radius 2 is 1.97 bits per heavy atom. The number of aromatic nitrogens is 4. The van der Waals surface area contributed by atoms with Crippen LogP contribution < -0.4 is 10.5 Å². The number of aliphatic imine (C=N–C) groups is 1. The second-order valence-corrected chi connectivity index (χ2v) is 10.1. The van der Waals surface area contributed by atoms with Crippen LogP contribution in [-0.4, -0.2) is 47.1 Å². The molecule has 2 heterocycles. The summed E-state index contributed by atoms with van der Waals surface area (Å²) in [5, 5.41) is 11.7. The Balaban J connectivity index is 1.42. The van der Waals surface area contributed by atoms with Crippen molar-refractivity contribution in [1.29, 1.82) is 0 Å². The minimum atomic E-state index is -3.69. The van der Waals surface area contributed by atoms with E-state index in [-0.39, 0.29) is 27.4 Å². The smallest absolute Gasteiger partial charge is 0.295 e. The van der Waals surface area contributed by atoms with Gasteiger partial charge in [-0.3, -0.25) is 14.2 Å². The summed E-state index contributed by atoms with van der Waals surface area (Å²) in [4.78, 5) is 16.4. The van der Waals surface area contributed by atoms with Crippen LogP contribution in [0.3, 0.4) is 0 Å². The van der Waals surface area contributed by atoms with Crippen LogP contribution in [0.1, 0.15) is 0 Å². The van der Waals surface area contributed by atoms with Gasteiger partial charge in [-0.1, -0.05) is 35.1 Å². The SMILES string of the molecule is O=c1onc(-c2nonc2SCCN=CNS(=O)(=O)c2ccccc2)n1-c1ccc(F)c(Br)c1. The number of sulfonamides is 1. The third-order valence-electron chi connectivity index (χ3n) is 4.25. The molecule has 34 heavy (non-hydrogen) atoms. The topological polar surface area (TPSA) is 145 Å². The van der Waals surface area contributed by atoms with Gasteiger partial charge >= 0.3 is 5.76 Å². The Bertz CT molecular complexity index is 1490. The molecule has 0 aliphatic rings. The van der Waals surface area contributed by atoms with Gasteiger partial charge in [-0.15, -0.1) is 0 Å². The Morgan fingerprint density at radius 3 is 2.74 bits per heavy atom. The van der Waals surface area contributed by atoms with Gasteiger partial charge in [-0.25, -0.2) is 26.8 Å². The van der Waals surface area contributed by atoms with E-state index in [9.17, 15) is 17.6 Å². The predicted octanol–water partition coefficient (Wildman–Crippen LogP) is 2.88. The first-order chi connectivity index (χ1) is 16.4. The van der Waals surface area contributed by atoms with Crippen molar-refractivity contribution in [2.24, 2.45) is 4.99 Å². The summed E-state index contributed by atoms with van der Waals surface area (Å²) in [6.07, 6.45) is 1.10. The minimum Gasteiger partial charge on any atom is -0.295 e. The normalized spacial score (nSPS) is 11.8. The van der Waals surface area contributed by atoms with E-state index >= 15 is 0 Å². The van der Waals surface area contributed by atoms with Crippen LogP contribution in [-0.2, 0) is 10.0 Å². The second-order valence-electron chi connectivity index (χ2n) is 6.44. The molecular formula is C19H14BrFN6O5S2. The first kappa shape index (κ1) is 23.8. The van der Waals surface area contributed by atoms with Gasteiger partial charge < -0.3 is 0 Å². The largest absolute Gasteiger partial charge is 0.446 e. The molecule has 0 atom stereocenters. The lowest BCUT2D eigenvalue weighted by atomic mass is 10.3. The van der Waals surface area contributed by atoms with Crippen molar-refractivity contribution in [2.75, 3.05) is 12.3 Å². The van der Waals surface area contributed by atoms with Crippen LogP contribution in [0.2, 0.25) is 0 Å². The standard InChI is InChI=1S/C19H14BrFN6O5S2/c20-14-10-12(6-7-15(14)21)27-17(25-31-19(27)28)16-18(26-32-24-16)33-9-8-22-11-23-34(29,30)13-4-2-1-3-5-13/h1-7,10-11H,8-9H2,(H,22,23). The molecule has 176 valence electrons. The van der Waals surface area contributed by atoms with E-state index in [2.05, 4.69) is 41.1 Å². The highest BCUT2D eigenvalue weighted by molar-refractivity contribution is 9.10. The lowest BCUT2D eigenvalue weighted by Gasteiger charge is -2.04. The molecule has 0 unspecified atom stereocenters. The third kappa shape index (κ3) is 5.26. The molecule has 2 aromatic heterocycles. The molecule has 15 heteroatoms. The number of rotatable bonds is 9. The molecule has 0 amide bonds. The van der Waals surface area contributed by atoms with Gasteiger partial charge in [0.05, 0.1) is 27.9 Å². The van der Waals surface area contributed by atoms with Crippen molar-refractivity contribution >= 4 is 44.1 Å². The highest BCUT2D eigenvalue weighted by Crippen LogP contribution is 2.28. The summed E-state index contributed by atoms with van der Waals surface area (Å²) >= 11 is 4.27. The Kier molecular flexibility index (Phi) is 7.23. The van der Waals surface area contributed by atoms with Gasteiger partial charge in [0.2, 0.25) is 5.82 Å². The average molecular weight is 569 g/mol. The van der Waals surface area contributed by atoms with Crippen molar-refractivity contribution < 1.29 is 22.0 Å². The van der Waals surface area contributed by atoms with Crippen molar-refractivity contribution in [1.82, 2.24) is 24.8 Å². The number of benzene rings is 2. The number of hydrogen-bond donors (Lipinski definition) is 1. The van der Waals surface area contributed by atoms with E-state index in [1.165, 1.54) is 42.1 Å². The third-order valence-corrected chi connectivity index (χ3v) is 7.09. The minimum absolute atomic E-state index is 0.0198. The van der Waals surface area contributed by atoms with Gasteiger partial charge in [0.25, 0.3) is 10.0 Å². The zero-order valence-electron chi connectivity index (χ0n) is 17.0. The fraction of sp³-hybridized carbons (Fsp3) is 0.105. The first-order valence-corrected chi connectivity index (χ1v) is 12.7. The van der Waals surface area contributed by atoms with Crippen molar-refractivity contribution in [2.45, 2.75) is 9.92 Å². The van der Waals surface area contributed by atoms with Crippen LogP contribution in [0, 0.1) is 5.82 Å².